The number of esters is 1. The molecule has 1 fully saturated rings. The normalized spacial score (nSPS) is 17.4. The minimum absolute atomic E-state index is 0.0192. The van der Waals surface area contributed by atoms with Crippen molar-refractivity contribution in [2.45, 2.75) is 31.2 Å². The molecule has 0 bridgehead atoms. The zero-order valence-electron chi connectivity index (χ0n) is 18.5. The number of rotatable bonds is 7. The zero-order valence-corrected chi connectivity index (χ0v) is 20.1. The van der Waals surface area contributed by atoms with Crippen molar-refractivity contribution in [3.8, 4) is 5.75 Å². The second-order valence-corrected chi connectivity index (χ2v) is 11.7. The third-order valence-corrected chi connectivity index (χ3v) is 8.53. The van der Waals surface area contributed by atoms with Crippen LogP contribution in [0.2, 0.25) is 0 Å². The highest BCUT2D eigenvalue weighted by Crippen LogP contribution is 2.23. The van der Waals surface area contributed by atoms with Gasteiger partial charge in [-0.05, 0) is 61.7 Å². The van der Waals surface area contributed by atoms with E-state index in [2.05, 4.69) is 0 Å². The van der Waals surface area contributed by atoms with Gasteiger partial charge in [-0.15, -0.1) is 0 Å². The van der Waals surface area contributed by atoms with Crippen LogP contribution in [0.5, 0.6) is 5.75 Å². The fourth-order valence-corrected chi connectivity index (χ4v) is 6.41. The Morgan fingerprint density at radius 3 is 2.36 bits per heavy atom. The molecular weight excluding hydrogens is 470 g/mol. The zero-order chi connectivity index (χ0) is 24.4. The molecule has 0 radical (unpaired) electrons. The first-order valence-electron chi connectivity index (χ1n) is 10.1. The lowest BCUT2D eigenvalue weighted by molar-refractivity contribution is -0.134. The van der Waals surface area contributed by atoms with E-state index >= 15 is 0 Å². The van der Waals surface area contributed by atoms with Crippen molar-refractivity contribution in [1.82, 2.24) is 4.90 Å². The number of carbonyl (C=O) groups excluding carboxylic acids is 2. The number of hydrogen-bond donors (Lipinski definition) is 0. The van der Waals surface area contributed by atoms with Gasteiger partial charge in [-0.3, -0.25) is 4.79 Å². The van der Waals surface area contributed by atoms with Gasteiger partial charge in [0.15, 0.2) is 16.4 Å². The third kappa shape index (κ3) is 6.11. The van der Waals surface area contributed by atoms with Crippen LogP contribution in [-0.4, -0.2) is 64.8 Å². The average molecular weight is 496 g/mol. The largest absolute Gasteiger partial charge is 0.452 e. The van der Waals surface area contributed by atoms with Gasteiger partial charge in [0.05, 0.1) is 17.1 Å². The van der Waals surface area contributed by atoms with Crippen molar-refractivity contribution in [3.05, 3.63) is 59.2 Å². The maximum atomic E-state index is 12.6. The molecule has 2 aromatic rings. The van der Waals surface area contributed by atoms with Crippen LogP contribution in [0.3, 0.4) is 0 Å². The Kier molecular flexibility index (Phi) is 7.13. The van der Waals surface area contributed by atoms with E-state index in [4.69, 9.17) is 8.92 Å². The third-order valence-electron chi connectivity index (χ3n) is 5.39. The number of amides is 1. The molecule has 1 aliphatic heterocycles. The molecule has 0 N–H and O–H groups in total. The molecule has 1 atom stereocenters. The summed E-state index contributed by atoms with van der Waals surface area (Å²) in [6.07, 6.45) is 0.352. The van der Waals surface area contributed by atoms with Crippen LogP contribution < -0.4 is 4.18 Å². The van der Waals surface area contributed by atoms with Crippen LogP contribution in [0, 0.1) is 13.8 Å². The SMILES string of the molecule is Cc1ccc(C)c(S(=O)(=O)Oc2ccc(C(=O)OCC(=O)N(C)[C@H]3CCS(=O)(=O)C3)cc2)c1. The maximum Gasteiger partial charge on any atom is 0.339 e. The van der Waals surface area contributed by atoms with Crippen molar-refractivity contribution in [2.24, 2.45) is 0 Å². The molecule has 2 aromatic carbocycles. The van der Waals surface area contributed by atoms with E-state index in [9.17, 15) is 26.4 Å². The summed E-state index contributed by atoms with van der Waals surface area (Å²) >= 11 is 0. The molecule has 178 valence electrons. The number of carbonyl (C=O) groups is 2. The number of aryl methyl sites for hydroxylation is 2. The fraction of sp³-hybridized carbons (Fsp3) is 0.364. The van der Waals surface area contributed by atoms with Gasteiger partial charge in [0.2, 0.25) is 0 Å². The minimum Gasteiger partial charge on any atom is -0.452 e. The lowest BCUT2D eigenvalue weighted by atomic mass is 10.2. The van der Waals surface area contributed by atoms with Crippen LogP contribution in [0.4, 0.5) is 0 Å². The molecule has 0 aliphatic carbocycles. The van der Waals surface area contributed by atoms with Crippen LogP contribution in [0.25, 0.3) is 0 Å². The number of likely N-dealkylation sites (N-methyl/N-ethyl adjacent to an activating group) is 1. The molecule has 0 unspecified atom stereocenters. The molecule has 11 heteroatoms. The first-order chi connectivity index (χ1) is 15.4. The summed E-state index contributed by atoms with van der Waals surface area (Å²) in [5.74, 6) is -1.34. The van der Waals surface area contributed by atoms with Gasteiger partial charge in [-0.25, -0.2) is 13.2 Å². The van der Waals surface area contributed by atoms with Gasteiger partial charge >= 0.3 is 16.1 Å². The van der Waals surface area contributed by atoms with Crippen LogP contribution in [0.1, 0.15) is 27.9 Å². The molecule has 1 amide bonds. The highest BCUT2D eigenvalue weighted by molar-refractivity contribution is 7.91. The Morgan fingerprint density at radius 1 is 1.09 bits per heavy atom. The maximum absolute atomic E-state index is 12.6. The molecule has 33 heavy (non-hydrogen) atoms. The predicted molar refractivity (Wildman–Crippen MR) is 120 cm³/mol. The van der Waals surface area contributed by atoms with Crippen molar-refractivity contribution >= 4 is 31.8 Å². The van der Waals surface area contributed by atoms with E-state index in [0.717, 1.165) is 5.56 Å². The Morgan fingerprint density at radius 2 is 1.76 bits per heavy atom. The first kappa shape index (κ1) is 24.7. The summed E-state index contributed by atoms with van der Waals surface area (Å²) in [6.45, 7) is 2.90. The molecular formula is C22H25NO8S2. The molecule has 3 rings (SSSR count). The molecule has 0 aromatic heterocycles. The van der Waals surface area contributed by atoms with Crippen LogP contribution >= 0.6 is 0 Å². The van der Waals surface area contributed by atoms with Crippen LogP contribution in [-0.2, 0) is 29.5 Å². The lowest BCUT2D eigenvalue weighted by Gasteiger charge is -2.23. The second-order valence-electron chi connectivity index (χ2n) is 7.97. The predicted octanol–water partition coefficient (Wildman–Crippen LogP) is 1.87. The Labute approximate surface area is 193 Å². The van der Waals surface area contributed by atoms with E-state index < -0.39 is 44.5 Å². The average Bonchev–Trinajstić information content (AvgIpc) is 3.12. The van der Waals surface area contributed by atoms with E-state index in [1.165, 1.54) is 42.3 Å². The molecule has 1 aliphatic rings. The number of benzene rings is 2. The van der Waals surface area contributed by atoms with Crippen molar-refractivity contribution < 1.29 is 35.3 Å². The highest BCUT2D eigenvalue weighted by atomic mass is 32.2. The Bertz CT molecular complexity index is 1270. The van der Waals surface area contributed by atoms with Gasteiger partial charge in [-0.1, -0.05) is 12.1 Å². The number of hydrogen-bond acceptors (Lipinski definition) is 8. The van der Waals surface area contributed by atoms with E-state index in [1.807, 2.05) is 0 Å². The topological polar surface area (TPSA) is 124 Å². The van der Waals surface area contributed by atoms with E-state index in [-0.39, 0.29) is 27.7 Å². The fourth-order valence-electron chi connectivity index (χ4n) is 3.39. The quantitative estimate of drug-likeness (QED) is 0.421. The lowest BCUT2D eigenvalue weighted by Crippen LogP contribution is -2.40. The minimum atomic E-state index is -4.06. The Balaban J connectivity index is 1.59. The smallest absolute Gasteiger partial charge is 0.339 e. The summed E-state index contributed by atoms with van der Waals surface area (Å²) in [4.78, 5) is 25.8. The number of nitrogens with zero attached hydrogens (tertiary/aromatic N) is 1. The molecule has 1 saturated heterocycles. The molecule has 9 nitrogen and oxygen atoms in total. The second kappa shape index (κ2) is 9.52. The van der Waals surface area contributed by atoms with Gasteiger partial charge in [0, 0.05) is 13.1 Å². The highest BCUT2D eigenvalue weighted by Gasteiger charge is 2.33. The van der Waals surface area contributed by atoms with Crippen LogP contribution in [0.15, 0.2) is 47.4 Å². The molecule has 0 saturated carbocycles. The summed E-state index contributed by atoms with van der Waals surface area (Å²) in [6, 6.07) is 9.86. The van der Waals surface area contributed by atoms with Gasteiger partial charge < -0.3 is 13.8 Å². The molecule has 1 heterocycles. The first-order valence-corrected chi connectivity index (χ1v) is 13.4. The van der Waals surface area contributed by atoms with Gasteiger partial charge in [-0.2, -0.15) is 8.42 Å². The van der Waals surface area contributed by atoms with Gasteiger partial charge in [0.25, 0.3) is 5.91 Å². The monoisotopic (exact) mass is 495 g/mol. The van der Waals surface area contributed by atoms with Crippen molar-refractivity contribution in [2.75, 3.05) is 25.2 Å². The Hall–Kier alpha value is -2.92. The van der Waals surface area contributed by atoms with E-state index in [1.54, 1.807) is 26.0 Å². The summed E-state index contributed by atoms with van der Waals surface area (Å²) in [5.41, 5.74) is 1.42. The summed E-state index contributed by atoms with van der Waals surface area (Å²) in [5, 5.41) is 0. The van der Waals surface area contributed by atoms with Crippen molar-refractivity contribution in [1.29, 1.82) is 0 Å². The summed E-state index contributed by atoms with van der Waals surface area (Å²) in [7, 11) is -5.72. The number of ether oxygens (including phenoxy) is 1. The number of sulfone groups is 1. The van der Waals surface area contributed by atoms with E-state index in [0.29, 0.717) is 12.0 Å². The van der Waals surface area contributed by atoms with Gasteiger partial charge in [0.1, 0.15) is 10.6 Å². The summed E-state index contributed by atoms with van der Waals surface area (Å²) < 4.78 is 58.5. The standard InChI is InChI=1S/C22H25NO8S2/c1-15-4-5-16(2)20(12-15)33(28,29)31-19-8-6-17(7-9-19)22(25)30-13-21(24)23(3)18-10-11-32(26,27)14-18/h4-9,12,18H,10-11,13-14H2,1-3H3/t18-/m0/s1. The molecule has 0 spiro atoms. The van der Waals surface area contributed by atoms with Crippen molar-refractivity contribution in [3.63, 3.8) is 0 Å².